The van der Waals surface area contributed by atoms with E-state index >= 15 is 0 Å². The van der Waals surface area contributed by atoms with Crippen molar-refractivity contribution < 1.29 is 60.4 Å². The molecule has 2 rings (SSSR count). The van der Waals surface area contributed by atoms with Crippen LogP contribution < -0.4 is 24.4 Å². The predicted octanol–water partition coefficient (Wildman–Crippen LogP) is 2.57. The molecule has 2 aromatic carbocycles. The number of halogens is 6. The minimum Gasteiger partial charge on any atom is -0.508 e. The van der Waals surface area contributed by atoms with Gasteiger partial charge in [0.2, 0.25) is 0 Å². The summed E-state index contributed by atoms with van der Waals surface area (Å²) >= 11 is 0. The zero-order valence-corrected chi connectivity index (χ0v) is 15.3. The van der Waals surface area contributed by atoms with Gasteiger partial charge in [0.1, 0.15) is 5.75 Å². The molecule has 0 fully saturated rings. The molecule has 0 heterocycles. The molecular weight excluding hydrogens is 429 g/mol. The lowest BCUT2D eigenvalue weighted by Crippen LogP contribution is -2.30. The molecule has 0 radical (unpaired) electrons. The molecule has 2 aromatic rings. The number of ether oxygens (including phenoxy) is 4. The van der Waals surface area contributed by atoms with Gasteiger partial charge in [-0.1, -0.05) is 6.07 Å². The van der Waals surface area contributed by atoms with E-state index in [0.717, 1.165) is 43.5 Å². The summed E-state index contributed by atoms with van der Waals surface area (Å²) in [4.78, 5) is 0. The molecule has 0 aliphatic carbocycles. The van der Waals surface area contributed by atoms with Crippen LogP contribution in [0.2, 0.25) is 0 Å². The van der Waals surface area contributed by atoms with Crippen molar-refractivity contribution in [2.75, 3.05) is 14.2 Å². The van der Waals surface area contributed by atoms with Crippen LogP contribution in [0.15, 0.2) is 36.4 Å². The van der Waals surface area contributed by atoms with Gasteiger partial charge in [-0.05, 0) is 29.7 Å². The molecule has 7 nitrogen and oxygen atoms in total. The van der Waals surface area contributed by atoms with Crippen molar-refractivity contribution in [3.05, 3.63) is 36.4 Å². The summed E-state index contributed by atoms with van der Waals surface area (Å²) in [6.07, 6.45) is -9.60. The molecule has 3 N–H and O–H groups in total. The molecule has 0 bridgehead atoms. The van der Waals surface area contributed by atoms with Gasteiger partial charge >= 0.3 is 19.8 Å². The van der Waals surface area contributed by atoms with E-state index in [1.165, 1.54) is 7.11 Å². The molecule has 0 spiro atoms. The number of rotatable bonds is 5. The molecule has 14 heteroatoms. The second kappa shape index (κ2) is 10.2. The van der Waals surface area contributed by atoms with Crippen LogP contribution in [0.5, 0.6) is 28.7 Å². The second-order valence-electron chi connectivity index (χ2n) is 5.21. The van der Waals surface area contributed by atoms with Crippen LogP contribution >= 0.6 is 0 Å². The molecule has 0 atom stereocenters. The molecular formula is C16H15BF6O7. The number of alkyl halides is 6. The Morgan fingerprint density at radius 3 is 1.53 bits per heavy atom. The van der Waals surface area contributed by atoms with Crippen molar-refractivity contribution in [3.8, 4) is 28.7 Å². The average molecular weight is 444 g/mol. The Morgan fingerprint density at radius 1 is 0.700 bits per heavy atom. The topological polar surface area (TPSA) is 97.6 Å². The van der Waals surface area contributed by atoms with Crippen LogP contribution in [0.3, 0.4) is 0 Å². The van der Waals surface area contributed by atoms with Crippen molar-refractivity contribution in [2.24, 2.45) is 0 Å². The monoisotopic (exact) mass is 444 g/mol. The average Bonchev–Trinajstić information content (AvgIpc) is 2.61. The smallest absolute Gasteiger partial charge is 0.508 e. The Bertz CT molecular complexity index is 827. The van der Waals surface area contributed by atoms with Gasteiger partial charge in [0, 0.05) is 6.07 Å². The van der Waals surface area contributed by atoms with E-state index in [1.54, 1.807) is 0 Å². The van der Waals surface area contributed by atoms with Crippen LogP contribution in [0.25, 0.3) is 0 Å². The van der Waals surface area contributed by atoms with Crippen molar-refractivity contribution >= 4 is 12.6 Å². The maximum absolute atomic E-state index is 11.9. The van der Waals surface area contributed by atoms with Gasteiger partial charge in [-0.15, -0.1) is 26.3 Å². The summed E-state index contributed by atoms with van der Waals surface area (Å²) in [6.45, 7) is 0. The zero-order valence-electron chi connectivity index (χ0n) is 15.3. The number of methoxy groups -OCH3 is 2. The summed E-state index contributed by atoms with van der Waals surface area (Å²) in [6, 6.07) is 6.16. The standard InChI is InChI=1S/C8H8BF3O4.C8H7F3O3/c1-15-7-4-5(9(13)14)2-3-6(7)16-8(10,11)12;1-13-7-4-5(12)2-3-6(7)14-8(9,10)11/h2-4,13-14H,1H3;2-4,12H,1H3. The highest BCUT2D eigenvalue weighted by molar-refractivity contribution is 6.58. The quantitative estimate of drug-likeness (QED) is 0.482. The molecule has 30 heavy (non-hydrogen) atoms. The fourth-order valence-corrected chi connectivity index (χ4v) is 1.92. The molecule has 0 aliphatic heterocycles. The SMILES string of the molecule is COc1cc(B(O)O)ccc1OC(F)(F)F.COc1cc(O)ccc1OC(F)(F)F. The first kappa shape index (κ1) is 25.0. The third kappa shape index (κ3) is 8.57. The highest BCUT2D eigenvalue weighted by Gasteiger charge is 2.33. The number of aromatic hydroxyl groups is 1. The van der Waals surface area contributed by atoms with E-state index in [1.807, 2.05) is 0 Å². The first-order valence-electron chi connectivity index (χ1n) is 7.68. The van der Waals surface area contributed by atoms with Crippen LogP contribution in [0, 0.1) is 0 Å². The Morgan fingerprint density at radius 2 is 1.13 bits per heavy atom. The Hall–Kier alpha value is -3.00. The molecule has 166 valence electrons. The molecule has 0 unspecified atom stereocenters. The lowest BCUT2D eigenvalue weighted by Gasteiger charge is -2.13. The summed E-state index contributed by atoms with van der Waals surface area (Å²) < 4.78 is 87.8. The third-order valence-corrected chi connectivity index (χ3v) is 3.08. The minimum absolute atomic E-state index is 0.00590. The number of hydrogen-bond acceptors (Lipinski definition) is 7. The van der Waals surface area contributed by atoms with E-state index < -0.39 is 31.3 Å². The van der Waals surface area contributed by atoms with Gasteiger partial charge in [-0.2, -0.15) is 0 Å². The fraction of sp³-hybridized carbons (Fsp3) is 0.250. The fourth-order valence-electron chi connectivity index (χ4n) is 1.92. The van der Waals surface area contributed by atoms with Crippen molar-refractivity contribution in [1.82, 2.24) is 0 Å². The molecule has 0 aliphatic rings. The van der Waals surface area contributed by atoms with E-state index in [9.17, 15) is 26.3 Å². The molecule has 0 amide bonds. The van der Waals surface area contributed by atoms with Crippen molar-refractivity contribution in [1.29, 1.82) is 0 Å². The number of phenols is 1. The van der Waals surface area contributed by atoms with E-state index in [2.05, 4.69) is 18.9 Å². The zero-order chi connectivity index (χ0) is 23.1. The summed E-state index contributed by atoms with van der Waals surface area (Å²) in [5.74, 6) is -1.64. The Balaban J connectivity index is 0.000000303. The molecule has 0 saturated heterocycles. The van der Waals surface area contributed by atoms with Crippen LogP contribution in [-0.4, -0.2) is 49.2 Å². The maximum Gasteiger partial charge on any atom is 0.573 e. The first-order chi connectivity index (χ1) is 13.8. The lowest BCUT2D eigenvalue weighted by molar-refractivity contribution is -0.276. The van der Waals surface area contributed by atoms with Crippen LogP contribution in [0.1, 0.15) is 0 Å². The highest BCUT2D eigenvalue weighted by atomic mass is 19.4. The first-order valence-corrected chi connectivity index (χ1v) is 7.68. The highest BCUT2D eigenvalue weighted by Crippen LogP contribution is 2.34. The predicted molar refractivity (Wildman–Crippen MR) is 90.8 cm³/mol. The van der Waals surface area contributed by atoms with Gasteiger partial charge in [-0.3, -0.25) is 0 Å². The van der Waals surface area contributed by atoms with Gasteiger partial charge in [0.05, 0.1) is 14.2 Å². The lowest BCUT2D eigenvalue weighted by atomic mass is 9.80. The maximum atomic E-state index is 11.9. The Kier molecular flexibility index (Phi) is 8.48. The Labute approximate surface area is 166 Å². The van der Waals surface area contributed by atoms with Crippen molar-refractivity contribution in [3.63, 3.8) is 0 Å². The number of hydrogen-bond donors (Lipinski definition) is 3. The van der Waals surface area contributed by atoms with Gasteiger partial charge in [-0.25, -0.2) is 0 Å². The second-order valence-corrected chi connectivity index (χ2v) is 5.21. The molecule has 0 saturated carbocycles. The van der Waals surface area contributed by atoms with Crippen LogP contribution in [0.4, 0.5) is 26.3 Å². The van der Waals surface area contributed by atoms with Gasteiger partial charge in [0.15, 0.2) is 23.0 Å². The third-order valence-electron chi connectivity index (χ3n) is 3.08. The number of benzene rings is 2. The number of phenolic OH excluding ortho intramolecular Hbond substituents is 1. The van der Waals surface area contributed by atoms with E-state index in [4.69, 9.17) is 15.2 Å². The summed E-state index contributed by atoms with van der Waals surface area (Å²) in [7, 11) is 0.540. The normalized spacial score (nSPS) is 11.1. The molecule has 0 aromatic heterocycles. The minimum atomic E-state index is -4.83. The van der Waals surface area contributed by atoms with Gasteiger partial charge in [0.25, 0.3) is 0 Å². The van der Waals surface area contributed by atoms with E-state index in [-0.39, 0.29) is 22.7 Å². The largest absolute Gasteiger partial charge is 0.573 e. The van der Waals surface area contributed by atoms with Gasteiger partial charge < -0.3 is 34.1 Å². The summed E-state index contributed by atoms with van der Waals surface area (Å²) in [5, 5.41) is 26.6. The van der Waals surface area contributed by atoms with E-state index in [0.29, 0.717) is 0 Å². The summed E-state index contributed by atoms with van der Waals surface area (Å²) in [5.41, 5.74) is 0.00590. The van der Waals surface area contributed by atoms with Crippen LogP contribution in [-0.2, 0) is 0 Å². The van der Waals surface area contributed by atoms with Crippen molar-refractivity contribution in [2.45, 2.75) is 12.7 Å².